The lowest BCUT2D eigenvalue weighted by Gasteiger charge is -2.32. The molecule has 1 unspecified atom stereocenters. The van der Waals surface area contributed by atoms with Crippen LogP contribution in [-0.4, -0.2) is 79.5 Å². The van der Waals surface area contributed by atoms with Gasteiger partial charge in [-0.3, -0.25) is 14.6 Å². The van der Waals surface area contributed by atoms with Crippen LogP contribution in [0.4, 0.5) is 0 Å². The molecule has 0 aliphatic carbocycles. The highest BCUT2D eigenvalue weighted by Crippen LogP contribution is 2.16. The number of carbonyl (C=O) groups is 1. The Labute approximate surface area is 139 Å². The summed E-state index contributed by atoms with van der Waals surface area (Å²) in [5.41, 5.74) is 1.25. The molecule has 2 aliphatic heterocycles. The minimum atomic E-state index is 0.265. The smallest absolute Gasteiger partial charge is 0.236 e. The highest BCUT2D eigenvalue weighted by Gasteiger charge is 2.30. The van der Waals surface area contributed by atoms with E-state index in [2.05, 4.69) is 27.2 Å². The van der Waals surface area contributed by atoms with Gasteiger partial charge in [-0.05, 0) is 19.0 Å². The van der Waals surface area contributed by atoms with Gasteiger partial charge in [-0.25, -0.2) is 0 Å². The van der Waals surface area contributed by atoms with Crippen LogP contribution in [0.25, 0.3) is 0 Å². The summed E-state index contributed by atoms with van der Waals surface area (Å²) in [4.78, 5) is 19.2. The van der Waals surface area contributed by atoms with Crippen LogP contribution in [-0.2, 0) is 11.3 Å². The van der Waals surface area contributed by atoms with Crippen LogP contribution in [0.15, 0.2) is 30.3 Å². The number of nitrogens with zero attached hydrogens (tertiary/aromatic N) is 3. The minimum absolute atomic E-state index is 0.265. The third-order valence-corrected chi connectivity index (χ3v) is 4.88. The van der Waals surface area contributed by atoms with E-state index in [1.807, 2.05) is 30.1 Å². The number of carbonyl (C=O) groups excluding carboxylic acids is 1. The quantitative estimate of drug-likeness (QED) is 0.865. The predicted molar refractivity (Wildman–Crippen MR) is 92.2 cm³/mol. The van der Waals surface area contributed by atoms with Crippen LogP contribution in [0, 0.1) is 0 Å². The SMILES string of the molecule is CN(CC(=O)N1CCC(N2CCNCC2)C1)Cc1ccccc1. The van der Waals surface area contributed by atoms with E-state index in [1.54, 1.807) is 0 Å². The molecular weight excluding hydrogens is 288 g/mol. The fraction of sp³-hybridized carbons (Fsp3) is 0.611. The normalized spacial score (nSPS) is 22.7. The van der Waals surface area contributed by atoms with Crippen molar-refractivity contribution in [3.63, 3.8) is 0 Å². The van der Waals surface area contributed by atoms with E-state index in [9.17, 15) is 4.79 Å². The monoisotopic (exact) mass is 316 g/mol. The van der Waals surface area contributed by atoms with Gasteiger partial charge in [-0.15, -0.1) is 0 Å². The molecule has 1 atom stereocenters. The number of likely N-dealkylation sites (tertiary alicyclic amines) is 1. The molecule has 2 aliphatic rings. The van der Waals surface area contributed by atoms with E-state index in [-0.39, 0.29) is 5.91 Å². The van der Waals surface area contributed by atoms with Crippen molar-refractivity contribution in [2.75, 3.05) is 52.9 Å². The second-order valence-electron chi connectivity index (χ2n) is 6.73. The van der Waals surface area contributed by atoms with Gasteiger partial charge in [-0.1, -0.05) is 30.3 Å². The number of benzene rings is 1. The average molecular weight is 316 g/mol. The molecule has 0 spiro atoms. The summed E-state index contributed by atoms with van der Waals surface area (Å²) in [5, 5.41) is 3.39. The summed E-state index contributed by atoms with van der Waals surface area (Å²) in [7, 11) is 2.02. The maximum Gasteiger partial charge on any atom is 0.236 e. The van der Waals surface area contributed by atoms with E-state index in [1.165, 1.54) is 5.56 Å². The first-order valence-electron chi connectivity index (χ1n) is 8.67. The van der Waals surface area contributed by atoms with Gasteiger partial charge in [0.15, 0.2) is 0 Å². The number of amides is 1. The van der Waals surface area contributed by atoms with Crippen LogP contribution in [0.2, 0.25) is 0 Å². The van der Waals surface area contributed by atoms with Crippen molar-refractivity contribution in [3.05, 3.63) is 35.9 Å². The minimum Gasteiger partial charge on any atom is -0.340 e. The van der Waals surface area contributed by atoms with Gasteiger partial charge in [0, 0.05) is 51.9 Å². The van der Waals surface area contributed by atoms with Crippen molar-refractivity contribution in [3.8, 4) is 0 Å². The molecule has 23 heavy (non-hydrogen) atoms. The second-order valence-corrected chi connectivity index (χ2v) is 6.73. The lowest BCUT2D eigenvalue weighted by atomic mass is 10.2. The summed E-state index contributed by atoms with van der Waals surface area (Å²) < 4.78 is 0. The number of rotatable bonds is 5. The summed E-state index contributed by atoms with van der Waals surface area (Å²) in [6.07, 6.45) is 1.12. The highest BCUT2D eigenvalue weighted by molar-refractivity contribution is 5.78. The van der Waals surface area contributed by atoms with E-state index in [0.717, 1.165) is 52.2 Å². The van der Waals surface area contributed by atoms with Crippen molar-refractivity contribution in [2.24, 2.45) is 0 Å². The number of nitrogens with one attached hydrogen (secondary N) is 1. The molecule has 3 rings (SSSR count). The van der Waals surface area contributed by atoms with Crippen molar-refractivity contribution in [1.29, 1.82) is 0 Å². The second kappa shape index (κ2) is 7.90. The lowest BCUT2D eigenvalue weighted by molar-refractivity contribution is -0.131. The molecule has 0 radical (unpaired) electrons. The molecule has 1 N–H and O–H groups in total. The zero-order chi connectivity index (χ0) is 16.1. The van der Waals surface area contributed by atoms with E-state index < -0.39 is 0 Å². The van der Waals surface area contributed by atoms with Gasteiger partial charge >= 0.3 is 0 Å². The van der Waals surface area contributed by atoms with Crippen molar-refractivity contribution >= 4 is 5.91 Å². The molecule has 0 bridgehead atoms. The van der Waals surface area contributed by atoms with Gasteiger partial charge in [-0.2, -0.15) is 0 Å². The largest absolute Gasteiger partial charge is 0.340 e. The van der Waals surface area contributed by atoms with Crippen LogP contribution < -0.4 is 5.32 Å². The molecule has 0 aromatic heterocycles. The third-order valence-electron chi connectivity index (χ3n) is 4.88. The van der Waals surface area contributed by atoms with Gasteiger partial charge < -0.3 is 10.2 Å². The Morgan fingerprint density at radius 1 is 1.22 bits per heavy atom. The van der Waals surface area contributed by atoms with Crippen molar-refractivity contribution < 1.29 is 4.79 Å². The number of likely N-dealkylation sites (N-methyl/N-ethyl adjacent to an activating group) is 1. The molecule has 2 heterocycles. The topological polar surface area (TPSA) is 38.8 Å². The number of piperazine rings is 1. The van der Waals surface area contributed by atoms with Crippen LogP contribution in [0.3, 0.4) is 0 Å². The molecule has 5 nitrogen and oxygen atoms in total. The number of hydrogen-bond donors (Lipinski definition) is 1. The maximum absolute atomic E-state index is 12.5. The Kier molecular flexibility index (Phi) is 5.65. The Bertz CT molecular complexity index is 501. The zero-order valence-electron chi connectivity index (χ0n) is 14.1. The van der Waals surface area contributed by atoms with Crippen LogP contribution >= 0.6 is 0 Å². The molecule has 2 saturated heterocycles. The third kappa shape index (κ3) is 4.53. The molecule has 0 saturated carbocycles. The average Bonchev–Trinajstić information content (AvgIpc) is 3.06. The maximum atomic E-state index is 12.5. The lowest BCUT2D eigenvalue weighted by Crippen LogP contribution is -2.49. The van der Waals surface area contributed by atoms with Crippen LogP contribution in [0.5, 0.6) is 0 Å². The van der Waals surface area contributed by atoms with Crippen molar-refractivity contribution in [1.82, 2.24) is 20.0 Å². The first-order chi connectivity index (χ1) is 11.2. The summed E-state index contributed by atoms with van der Waals surface area (Å²) in [6.45, 7) is 7.51. The Morgan fingerprint density at radius 2 is 1.96 bits per heavy atom. The molecule has 5 heteroatoms. The molecule has 1 aromatic carbocycles. The Hall–Kier alpha value is -1.43. The van der Waals surface area contributed by atoms with Crippen molar-refractivity contribution in [2.45, 2.75) is 19.0 Å². The summed E-state index contributed by atoms with van der Waals surface area (Å²) in [6, 6.07) is 10.9. The van der Waals surface area contributed by atoms with E-state index in [4.69, 9.17) is 0 Å². The van der Waals surface area contributed by atoms with E-state index in [0.29, 0.717) is 12.6 Å². The Balaban J connectivity index is 1.45. The predicted octanol–water partition coefficient (Wildman–Crippen LogP) is 0.625. The Morgan fingerprint density at radius 3 is 2.70 bits per heavy atom. The van der Waals surface area contributed by atoms with Crippen LogP contribution in [0.1, 0.15) is 12.0 Å². The summed E-state index contributed by atoms with van der Waals surface area (Å²) >= 11 is 0. The standard InChI is InChI=1S/C18H28N4O/c1-20(13-16-5-3-2-4-6-16)15-18(23)22-10-7-17(14-22)21-11-8-19-9-12-21/h2-6,17,19H,7-15H2,1H3. The number of hydrogen-bond acceptors (Lipinski definition) is 4. The molecule has 1 aromatic rings. The molecule has 1 amide bonds. The fourth-order valence-corrected chi connectivity index (χ4v) is 3.60. The highest BCUT2D eigenvalue weighted by atomic mass is 16.2. The van der Waals surface area contributed by atoms with Gasteiger partial charge in [0.1, 0.15) is 0 Å². The fourth-order valence-electron chi connectivity index (χ4n) is 3.60. The zero-order valence-corrected chi connectivity index (χ0v) is 14.1. The van der Waals surface area contributed by atoms with E-state index >= 15 is 0 Å². The van der Waals surface area contributed by atoms with Gasteiger partial charge in [0.25, 0.3) is 0 Å². The van der Waals surface area contributed by atoms with Gasteiger partial charge in [0.05, 0.1) is 6.54 Å². The molecule has 2 fully saturated rings. The molecular formula is C18H28N4O. The first kappa shape index (κ1) is 16.4. The van der Waals surface area contributed by atoms with Gasteiger partial charge in [0.2, 0.25) is 5.91 Å². The first-order valence-corrected chi connectivity index (χ1v) is 8.67. The summed E-state index contributed by atoms with van der Waals surface area (Å²) in [5.74, 6) is 0.265. The molecule has 126 valence electrons.